The fourth-order valence-corrected chi connectivity index (χ4v) is 3.31. The third kappa shape index (κ3) is 4.46. The van der Waals surface area contributed by atoms with Crippen molar-refractivity contribution in [2.24, 2.45) is 0 Å². The molecule has 26 heavy (non-hydrogen) atoms. The number of likely N-dealkylation sites (tertiary alicyclic amines) is 1. The van der Waals surface area contributed by atoms with E-state index in [0.717, 1.165) is 0 Å². The van der Waals surface area contributed by atoms with E-state index in [-0.39, 0.29) is 11.1 Å². The number of aromatic nitrogens is 1. The number of aryl methyl sites for hydroxylation is 1. The minimum Gasteiger partial charge on any atom is -0.478 e. The van der Waals surface area contributed by atoms with Gasteiger partial charge in [0.1, 0.15) is 0 Å². The summed E-state index contributed by atoms with van der Waals surface area (Å²) in [6, 6.07) is 7.71. The quantitative estimate of drug-likeness (QED) is 0.874. The van der Waals surface area contributed by atoms with Crippen molar-refractivity contribution in [2.75, 3.05) is 13.6 Å². The van der Waals surface area contributed by atoms with Crippen molar-refractivity contribution < 1.29 is 19.8 Å². The molecule has 1 aliphatic heterocycles. The summed E-state index contributed by atoms with van der Waals surface area (Å²) in [7, 11) is 2.19. The molecule has 1 aliphatic rings. The summed E-state index contributed by atoms with van der Waals surface area (Å²) in [5.41, 5.74) is 2.33. The fraction of sp³-hybridized carbons (Fsp3) is 0.350. The Morgan fingerprint density at radius 2 is 1.88 bits per heavy atom. The molecular weight excluding hydrogens is 332 g/mol. The number of rotatable bonds is 3. The van der Waals surface area contributed by atoms with Crippen LogP contribution in [0, 0.1) is 13.8 Å². The molecule has 0 saturated carbocycles. The van der Waals surface area contributed by atoms with Gasteiger partial charge in [-0.3, -0.25) is 9.88 Å². The topological polar surface area (TPSA) is 90.7 Å². The lowest BCUT2D eigenvalue weighted by Gasteiger charge is -2.18. The van der Waals surface area contributed by atoms with Crippen LogP contribution in [0.2, 0.25) is 0 Å². The average Bonchev–Trinajstić information content (AvgIpc) is 3.01. The molecule has 2 aromatic rings. The predicted octanol–water partition coefficient (Wildman–Crippen LogP) is 3.55. The van der Waals surface area contributed by atoms with Gasteiger partial charge in [-0.2, -0.15) is 0 Å². The number of carbonyl (C=O) groups is 2. The Hall–Kier alpha value is -2.73. The maximum Gasteiger partial charge on any atom is 0.336 e. The molecule has 1 saturated heterocycles. The van der Waals surface area contributed by atoms with Crippen molar-refractivity contribution in [3.8, 4) is 0 Å². The van der Waals surface area contributed by atoms with E-state index < -0.39 is 11.9 Å². The van der Waals surface area contributed by atoms with Crippen LogP contribution in [-0.2, 0) is 0 Å². The normalized spacial score (nSPS) is 16.7. The van der Waals surface area contributed by atoms with E-state index in [0.29, 0.717) is 17.2 Å². The summed E-state index contributed by atoms with van der Waals surface area (Å²) in [5.74, 6) is -2.20. The number of hydrogen-bond acceptors (Lipinski definition) is 4. The minimum atomic E-state index is -1.11. The first kappa shape index (κ1) is 19.6. The SMILES string of the molecule is CN1CCCC1c1cccnc1.Cc1ccc(C(=O)O)c(C)c1C(=O)O. The van der Waals surface area contributed by atoms with Crippen molar-refractivity contribution in [2.45, 2.75) is 32.7 Å². The van der Waals surface area contributed by atoms with Gasteiger partial charge >= 0.3 is 11.9 Å². The molecular formula is C20H24N2O4. The van der Waals surface area contributed by atoms with E-state index in [4.69, 9.17) is 10.2 Å². The number of benzene rings is 1. The first-order chi connectivity index (χ1) is 12.3. The molecule has 1 aromatic heterocycles. The molecule has 6 heteroatoms. The van der Waals surface area contributed by atoms with Gasteiger partial charge in [0.15, 0.2) is 0 Å². The van der Waals surface area contributed by atoms with E-state index in [2.05, 4.69) is 23.0 Å². The van der Waals surface area contributed by atoms with E-state index in [9.17, 15) is 9.59 Å². The summed E-state index contributed by atoms with van der Waals surface area (Å²) in [5, 5.41) is 17.6. The van der Waals surface area contributed by atoms with Crippen molar-refractivity contribution in [3.63, 3.8) is 0 Å². The van der Waals surface area contributed by atoms with Crippen LogP contribution in [0.15, 0.2) is 36.7 Å². The second-order valence-corrected chi connectivity index (χ2v) is 6.47. The average molecular weight is 356 g/mol. The van der Waals surface area contributed by atoms with Gasteiger partial charge in [-0.05, 0) is 69.1 Å². The third-order valence-electron chi connectivity index (χ3n) is 4.71. The molecule has 2 heterocycles. The van der Waals surface area contributed by atoms with E-state index in [1.165, 1.54) is 44.0 Å². The molecule has 1 atom stereocenters. The van der Waals surface area contributed by atoms with Crippen LogP contribution >= 0.6 is 0 Å². The first-order valence-corrected chi connectivity index (χ1v) is 8.50. The Morgan fingerprint density at radius 1 is 1.15 bits per heavy atom. The molecule has 0 spiro atoms. The summed E-state index contributed by atoms with van der Waals surface area (Å²) in [6.45, 7) is 4.36. The predicted molar refractivity (Wildman–Crippen MR) is 98.7 cm³/mol. The van der Waals surface area contributed by atoms with Gasteiger partial charge in [0.25, 0.3) is 0 Å². The largest absolute Gasteiger partial charge is 0.478 e. The summed E-state index contributed by atoms with van der Waals surface area (Å²) in [4.78, 5) is 28.1. The summed E-state index contributed by atoms with van der Waals surface area (Å²) >= 11 is 0. The van der Waals surface area contributed by atoms with Crippen LogP contribution in [-0.4, -0.2) is 45.6 Å². The molecule has 1 aromatic carbocycles. The third-order valence-corrected chi connectivity index (χ3v) is 4.71. The highest BCUT2D eigenvalue weighted by Crippen LogP contribution is 2.29. The Bertz CT molecular complexity index is 790. The molecule has 0 radical (unpaired) electrons. The van der Waals surface area contributed by atoms with E-state index in [1.807, 2.05) is 18.5 Å². The number of carboxylic acids is 2. The van der Waals surface area contributed by atoms with Gasteiger partial charge in [-0.25, -0.2) is 9.59 Å². The van der Waals surface area contributed by atoms with E-state index >= 15 is 0 Å². The summed E-state index contributed by atoms with van der Waals surface area (Å²) < 4.78 is 0. The maximum atomic E-state index is 10.8. The van der Waals surface area contributed by atoms with Crippen LogP contribution < -0.4 is 0 Å². The van der Waals surface area contributed by atoms with Crippen LogP contribution in [0.3, 0.4) is 0 Å². The molecule has 0 amide bonds. The van der Waals surface area contributed by atoms with Crippen LogP contribution in [0.25, 0.3) is 0 Å². The number of aromatic carboxylic acids is 2. The zero-order valence-corrected chi connectivity index (χ0v) is 15.3. The molecule has 2 N–H and O–H groups in total. The minimum absolute atomic E-state index is 0.0352. The standard InChI is InChI=1S/C10H14N2.C10H10O4/c1-12-7-3-5-10(12)9-4-2-6-11-8-9;1-5-3-4-7(9(11)12)6(2)8(5)10(13)14/h2,4,6,8,10H,3,5,7H2,1H3;3-4H,1-2H3,(H,11,12)(H,13,14). The van der Waals surface area contributed by atoms with Crippen molar-refractivity contribution in [1.29, 1.82) is 0 Å². The van der Waals surface area contributed by atoms with Gasteiger partial charge in [0, 0.05) is 18.4 Å². The highest BCUT2D eigenvalue weighted by atomic mass is 16.4. The van der Waals surface area contributed by atoms with Gasteiger partial charge in [-0.1, -0.05) is 12.1 Å². The Morgan fingerprint density at radius 3 is 2.38 bits per heavy atom. The number of pyridine rings is 1. The van der Waals surface area contributed by atoms with Gasteiger partial charge in [0.05, 0.1) is 11.1 Å². The fourth-order valence-electron chi connectivity index (χ4n) is 3.31. The molecule has 0 bridgehead atoms. The number of carboxylic acid groups (broad SMARTS) is 2. The molecule has 0 aliphatic carbocycles. The molecule has 3 rings (SSSR count). The highest BCUT2D eigenvalue weighted by Gasteiger charge is 2.22. The lowest BCUT2D eigenvalue weighted by atomic mass is 9.98. The lowest BCUT2D eigenvalue weighted by molar-refractivity contribution is 0.0695. The molecule has 138 valence electrons. The number of nitrogens with zero attached hydrogens (tertiary/aromatic N) is 2. The molecule has 1 fully saturated rings. The van der Waals surface area contributed by atoms with Gasteiger partial charge in [-0.15, -0.1) is 0 Å². The zero-order valence-electron chi connectivity index (χ0n) is 15.3. The van der Waals surface area contributed by atoms with Gasteiger partial charge in [0.2, 0.25) is 0 Å². The van der Waals surface area contributed by atoms with Crippen LogP contribution in [0.5, 0.6) is 0 Å². The smallest absolute Gasteiger partial charge is 0.336 e. The van der Waals surface area contributed by atoms with Crippen molar-refractivity contribution in [1.82, 2.24) is 9.88 Å². The monoisotopic (exact) mass is 356 g/mol. The Balaban J connectivity index is 0.000000189. The Kier molecular flexibility index (Phi) is 6.46. The van der Waals surface area contributed by atoms with Crippen LogP contribution in [0.1, 0.15) is 56.3 Å². The second kappa shape index (κ2) is 8.58. The van der Waals surface area contributed by atoms with Gasteiger partial charge < -0.3 is 10.2 Å². The lowest BCUT2D eigenvalue weighted by Crippen LogP contribution is -2.17. The van der Waals surface area contributed by atoms with Crippen molar-refractivity contribution >= 4 is 11.9 Å². The molecule has 6 nitrogen and oxygen atoms in total. The van der Waals surface area contributed by atoms with Crippen LogP contribution in [0.4, 0.5) is 0 Å². The van der Waals surface area contributed by atoms with E-state index in [1.54, 1.807) is 6.92 Å². The second-order valence-electron chi connectivity index (χ2n) is 6.47. The Labute approximate surface area is 153 Å². The zero-order chi connectivity index (χ0) is 19.3. The maximum absolute atomic E-state index is 10.8. The molecule has 1 unspecified atom stereocenters. The van der Waals surface area contributed by atoms with Crippen molar-refractivity contribution in [3.05, 3.63) is 64.5 Å². The number of hydrogen-bond donors (Lipinski definition) is 2. The highest BCUT2D eigenvalue weighted by molar-refractivity contribution is 5.97. The first-order valence-electron chi connectivity index (χ1n) is 8.50. The summed E-state index contributed by atoms with van der Waals surface area (Å²) in [6.07, 6.45) is 6.41.